The summed E-state index contributed by atoms with van der Waals surface area (Å²) in [6.45, 7) is 8.86. The zero-order chi connectivity index (χ0) is 12.6. The van der Waals surface area contributed by atoms with Crippen molar-refractivity contribution in [3.05, 3.63) is 0 Å². The molecule has 1 atom stereocenters. The molecule has 0 rings (SSSR count). The quantitative estimate of drug-likeness (QED) is 0.665. The van der Waals surface area contributed by atoms with Gasteiger partial charge < -0.3 is 10.0 Å². The summed E-state index contributed by atoms with van der Waals surface area (Å²) in [6.07, 6.45) is 2.96. The molecule has 1 unspecified atom stereocenters. The lowest BCUT2D eigenvalue weighted by Crippen LogP contribution is -2.31. The van der Waals surface area contributed by atoms with Gasteiger partial charge in [-0.05, 0) is 32.5 Å². The molecular weight excluding hydrogens is 272 g/mol. The van der Waals surface area contributed by atoms with Gasteiger partial charge in [-0.3, -0.25) is 4.79 Å². The molecule has 0 aliphatic heterocycles. The molecule has 0 saturated heterocycles. The van der Waals surface area contributed by atoms with Gasteiger partial charge in [-0.15, -0.1) is 24.8 Å². The van der Waals surface area contributed by atoms with E-state index in [-0.39, 0.29) is 24.8 Å². The third-order valence-electron chi connectivity index (χ3n) is 3.17. The van der Waals surface area contributed by atoms with E-state index in [0.717, 1.165) is 32.5 Å². The first-order chi connectivity index (χ1) is 7.50. The summed E-state index contributed by atoms with van der Waals surface area (Å²) in [4.78, 5) is 13.4. The summed E-state index contributed by atoms with van der Waals surface area (Å²) in [5.41, 5.74) is 0. The molecule has 0 aliphatic carbocycles. The average Bonchev–Trinajstić information content (AvgIpc) is 2.27. The predicted molar refractivity (Wildman–Crippen MR) is 82.5 cm³/mol. The molecule has 0 spiro atoms. The van der Waals surface area contributed by atoms with Gasteiger partial charge in [0.1, 0.15) is 0 Å². The van der Waals surface area contributed by atoms with E-state index in [1.54, 1.807) is 0 Å². The van der Waals surface area contributed by atoms with Crippen molar-refractivity contribution in [1.82, 2.24) is 4.90 Å². The first-order valence-corrected chi connectivity index (χ1v) is 6.24. The molecule has 0 aliphatic rings. The van der Waals surface area contributed by atoms with Crippen LogP contribution in [0.5, 0.6) is 0 Å². The van der Waals surface area contributed by atoms with Crippen molar-refractivity contribution >= 4 is 38.6 Å². The highest BCUT2D eigenvalue weighted by Crippen LogP contribution is 2.33. The molecule has 6 heteroatoms. The Balaban J connectivity index is -0.00000112. The van der Waals surface area contributed by atoms with Crippen LogP contribution >= 0.6 is 24.8 Å². The van der Waals surface area contributed by atoms with E-state index in [4.69, 9.17) is 7.85 Å². The van der Waals surface area contributed by atoms with Gasteiger partial charge in [-0.25, -0.2) is 0 Å². The van der Waals surface area contributed by atoms with Gasteiger partial charge >= 0.3 is 5.97 Å². The second-order valence-electron chi connectivity index (χ2n) is 4.34. The number of carboxylic acids is 1. The molecule has 0 fully saturated rings. The minimum absolute atomic E-state index is 0. The molecule has 0 heterocycles. The lowest BCUT2D eigenvalue weighted by molar-refractivity contribution is -0.141. The molecule has 0 aromatic carbocycles. The number of unbranched alkanes of at least 4 members (excludes halogenated alkanes) is 1. The SMILES string of the molecule is Cl.Cl.[B]C(CCCC)(CCN(CC)CC)C(=O)O. The van der Waals surface area contributed by atoms with Gasteiger partial charge in [0.25, 0.3) is 0 Å². The standard InChI is InChI=1S/C12H24BNO2.2ClH/c1-4-7-8-12(13,11(15)16)9-10-14(5-2)6-3;;/h4-10H2,1-3H3,(H,15,16);2*1H. The van der Waals surface area contributed by atoms with Crippen LogP contribution in [-0.4, -0.2) is 43.5 Å². The summed E-state index contributed by atoms with van der Waals surface area (Å²) in [5.74, 6) is -0.867. The highest BCUT2D eigenvalue weighted by Gasteiger charge is 2.31. The van der Waals surface area contributed by atoms with Gasteiger partial charge in [0, 0.05) is 5.31 Å². The minimum Gasteiger partial charge on any atom is -0.481 e. The number of rotatable bonds is 9. The molecule has 0 aromatic rings. The second kappa shape index (κ2) is 12.1. The largest absolute Gasteiger partial charge is 0.481 e. The zero-order valence-electron chi connectivity index (χ0n) is 11.6. The maximum Gasteiger partial charge on any atom is 0.300 e. The maximum atomic E-state index is 11.2. The van der Waals surface area contributed by atoms with Crippen LogP contribution in [0, 0.1) is 0 Å². The van der Waals surface area contributed by atoms with Crippen LogP contribution < -0.4 is 0 Å². The lowest BCUT2D eigenvalue weighted by Gasteiger charge is -2.28. The molecule has 18 heavy (non-hydrogen) atoms. The van der Waals surface area contributed by atoms with Crippen LogP contribution in [0.3, 0.4) is 0 Å². The highest BCUT2D eigenvalue weighted by atomic mass is 35.5. The molecule has 0 saturated carbocycles. The number of carbonyl (C=O) groups is 1. The zero-order valence-corrected chi connectivity index (χ0v) is 13.3. The normalized spacial score (nSPS) is 13.3. The van der Waals surface area contributed by atoms with E-state index in [2.05, 4.69) is 18.7 Å². The molecule has 0 bridgehead atoms. The summed E-state index contributed by atoms with van der Waals surface area (Å²) in [5, 5.41) is 8.13. The lowest BCUT2D eigenvalue weighted by atomic mass is 9.63. The molecule has 3 nitrogen and oxygen atoms in total. The Morgan fingerprint density at radius 3 is 2.00 bits per heavy atom. The van der Waals surface area contributed by atoms with Gasteiger partial charge in [0.15, 0.2) is 0 Å². The van der Waals surface area contributed by atoms with Crippen molar-refractivity contribution < 1.29 is 9.90 Å². The van der Waals surface area contributed by atoms with Crippen molar-refractivity contribution in [1.29, 1.82) is 0 Å². The Morgan fingerprint density at radius 2 is 1.67 bits per heavy atom. The van der Waals surface area contributed by atoms with Crippen molar-refractivity contribution in [2.45, 2.75) is 51.8 Å². The fourth-order valence-electron chi connectivity index (χ4n) is 1.73. The summed E-state index contributed by atoms with van der Waals surface area (Å²) >= 11 is 0. The van der Waals surface area contributed by atoms with Crippen LogP contribution in [0.15, 0.2) is 0 Å². The van der Waals surface area contributed by atoms with Gasteiger partial charge in [0.05, 0.1) is 7.85 Å². The Morgan fingerprint density at radius 1 is 1.17 bits per heavy atom. The number of hydrogen-bond donors (Lipinski definition) is 1. The molecular formula is C12H26BCl2NO2. The van der Waals surface area contributed by atoms with Crippen LogP contribution in [0.2, 0.25) is 5.31 Å². The topological polar surface area (TPSA) is 40.5 Å². The molecule has 0 amide bonds. The van der Waals surface area contributed by atoms with Crippen molar-refractivity contribution in [3.63, 3.8) is 0 Å². The molecule has 108 valence electrons. The van der Waals surface area contributed by atoms with E-state index in [1.165, 1.54) is 0 Å². The number of nitrogens with zero attached hydrogens (tertiary/aromatic N) is 1. The number of hydrogen-bond acceptors (Lipinski definition) is 2. The Hall–Kier alpha value is 0.0749. The predicted octanol–water partition coefficient (Wildman–Crippen LogP) is 3.16. The first kappa shape index (κ1) is 23.2. The maximum absolute atomic E-state index is 11.2. The third-order valence-corrected chi connectivity index (χ3v) is 3.17. The highest BCUT2D eigenvalue weighted by molar-refractivity contribution is 6.26. The Bertz CT molecular complexity index is 216. The molecule has 2 radical (unpaired) electrons. The van der Waals surface area contributed by atoms with E-state index in [9.17, 15) is 9.90 Å². The Labute approximate surface area is 125 Å². The minimum atomic E-state index is -1.04. The summed E-state index contributed by atoms with van der Waals surface area (Å²) < 4.78 is 0. The fourth-order valence-corrected chi connectivity index (χ4v) is 1.73. The monoisotopic (exact) mass is 297 g/mol. The van der Waals surface area contributed by atoms with Crippen molar-refractivity contribution in [2.24, 2.45) is 0 Å². The van der Waals surface area contributed by atoms with Crippen molar-refractivity contribution in [3.8, 4) is 0 Å². The van der Waals surface area contributed by atoms with Gasteiger partial charge in [0.2, 0.25) is 0 Å². The average molecular weight is 298 g/mol. The molecule has 0 aromatic heterocycles. The fraction of sp³-hybridized carbons (Fsp3) is 0.917. The van der Waals surface area contributed by atoms with Crippen LogP contribution in [-0.2, 0) is 4.79 Å². The number of halogens is 2. The van der Waals surface area contributed by atoms with E-state index in [0.29, 0.717) is 12.8 Å². The summed E-state index contributed by atoms with van der Waals surface area (Å²) in [7, 11) is 5.96. The van der Waals surface area contributed by atoms with E-state index >= 15 is 0 Å². The van der Waals surface area contributed by atoms with Gasteiger partial charge in [-0.1, -0.05) is 33.6 Å². The summed E-state index contributed by atoms with van der Waals surface area (Å²) in [6, 6.07) is 0. The number of carboxylic acid groups (broad SMARTS) is 1. The number of aliphatic carboxylic acids is 1. The van der Waals surface area contributed by atoms with Crippen LogP contribution in [0.4, 0.5) is 0 Å². The smallest absolute Gasteiger partial charge is 0.300 e. The van der Waals surface area contributed by atoms with Crippen molar-refractivity contribution in [2.75, 3.05) is 19.6 Å². The first-order valence-electron chi connectivity index (χ1n) is 6.24. The van der Waals surface area contributed by atoms with E-state index in [1.807, 2.05) is 6.92 Å². The Kier molecular flexibility index (Phi) is 15.6. The van der Waals surface area contributed by atoms with Crippen LogP contribution in [0.1, 0.15) is 46.5 Å². The second-order valence-corrected chi connectivity index (χ2v) is 4.34. The van der Waals surface area contributed by atoms with Gasteiger partial charge in [-0.2, -0.15) is 0 Å². The van der Waals surface area contributed by atoms with Crippen LogP contribution in [0.25, 0.3) is 0 Å². The van der Waals surface area contributed by atoms with E-state index < -0.39 is 11.3 Å². The third kappa shape index (κ3) is 8.22. The molecule has 1 N–H and O–H groups in total.